The number of rotatable bonds is 6. The summed E-state index contributed by atoms with van der Waals surface area (Å²) in [6, 6.07) is 0. The molecular formula is C28H44O4Si. The molecule has 0 radical (unpaired) electrons. The maximum atomic E-state index is 12.2. The number of allylic oxidation sites excluding steroid dienone is 4. The highest BCUT2D eigenvalue weighted by molar-refractivity contribution is 6.69. The number of methoxy groups -OCH3 is 1. The lowest BCUT2D eigenvalue weighted by Crippen LogP contribution is -2.58. The van der Waals surface area contributed by atoms with Gasteiger partial charge in [-0.2, -0.15) is 0 Å². The molecule has 0 aromatic heterocycles. The Bertz CT molecular complexity index is 854. The maximum absolute atomic E-state index is 12.2. The second-order valence-electron chi connectivity index (χ2n) is 12.7. The van der Waals surface area contributed by atoms with Crippen molar-refractivity contribution in [2.24, 2.45) is 40.4 Å². The molecule has 0 aromatic rings. The van der Waals surface area contributed by atoms with E-state index in [1.54, 1.807) is 0 Å². The van der Waals surface area contributed by atoms with Gasteiger partial charge in [-0.3, -0.25) is 9.59 Å². The Hall–Kier alpha value is -1.20. The Balaban J connectivity index is 1.69. The van der Waals surface area contributed by atoms with Crippen molar-refractivity contribution in [2.45, 2.75) is 91.5 Å². The first-order valence-electron chi connectivity index (χ1n) is 13.1. The molecule has 0 heterocycles. The van der Waals surface area contributed by atoms with Gasteiger partial charge in [-0.15, -0.1) is 0 Å². The molecule has 2 fully saturated rings. The van der Waals surface area contributed by atoms with Crippen LogP contribution in [-0.4, -0.2) is 33.3 Å². The lowest BCUT2D eigenvalue weighted by Gasteiger charge is -2.60. The van der Waals surface area contributed by atoms with Crippen LogP contribution in [0.25, 0.3) is 0 Å². The minimum Gasteiger partial charge on any atom is -0.469 e. The van der Waals surface area contributed by atoms with Gasteiger partial charge in [-0.05, 0) is 104 Å². The number of hydrogen-bond donors (Lipinski definition) is 0. The number of fused-ring (bicyclic) bond motifs is 5. The highest BCUT2D eigenvalue weighted by Gasteiger charge is 2.63. The summed E-state index contributed by atoms with van der Waals surface area (Å²) in [5.41, 5.74) is 1.43. The van der Waals surface area contributed by atoms with Gasteiger partial charge in [-0.25, -0.2) is 0 Å². The van der Waals surface area contributed by atoms with Crippen molar-refractivity contribution in [1.29, 1.82) is 0 Å². The molecule has 3 unspecified atom stereocenters. The van der Waals surface area contributed by atoms with Crippen LogP contribution in [0.5, 0.6) is 0 Å². The molecule has 0 spiro atoms. The van der Waals surface area contributed by atoms with Crippen LogP contribution in [0.1, 0.15) is 65.7 Å². The van der Waals surface area contributed by atoms with Gasteiger partial charge < -0.3 is 9.16 Å². The molecule has 0 N–H and O–H groups in total. The van der Waals surface area contributed by atoms with E-state index >= 15 is 0 Å². The second kappa shape index (κ2) is 8.78. The summed E-state index contributed by atoms with van der Waals surface area (Å²) in [4.78, 5) is 24.0. The van der Waals surface area contributed by atoms with Crippen LogP contribution in [0.3, 0.4) is 0 Å². The summed E-state index contributed by atoms with van der Waals surface area (Å²) in [6.07, 6.45) is 13.4. The molecule has 0 aromatic carbocycles. The van der Waals surface area contributed by atoms with Crippen molar-refractivity contribution in [3.05, 3.63) is 23.8 Å². The zero-order valence-corrected chi connectivity index (χ0v) is 22.8. The third-order valence-corrected chi connectivity index (χ3v) is 10.9. The Morgan fingerprint density at radius 3 is 2.61 bits per heavy atom. The number of carbonyl (C=O) groups excluding carboxylic acids is 2. The van der Waals surface area contributed by atoms with E-state index in [-0.39, 0.29) is 28.7 Å². The molecule has 33 heavy (non-hydrogen) atoms. The quantitative estimate of drug-likeness (QED) is 0.335. The zero-order chi connectivity index (χ0) is 24.2. The smallest absolute Gasteiger partial charge is 0.305 e. The molecule has 0 amide bonds. The number of carbonyl (C=O) groups is 2. The minimum atomic E-state index is -1.75. The number of esters is 1. The monoisotopic (exact) mass is 472 g/mol. The van der Waals surface area contributed by atoms with Gasteiger partial charge in [0.1, 0.15) is 0 Å². The Morgan fingerprint density at radius 2 is 1.94 bits per heavy atom. The van der Waals surface area contributed by atoms with E-state index in [4.69, 9.17) is 9.16 Å². The third-order valence-electron chi connectivity index (χ3n) is 9.87. The largest absolute Gasteiger partial charge is 0.469 e. The van der Waals surface area contributed by atoms with Gasteiger partial charge >= 0.3 is 5.97 Å². The highest BCUT2D eigenvalue weighted by Crippen LogP contribution is 2.67. The molecule has 0 aliphatic heterocycles. The lowest BCUT2D eigenvalue weighted by atomic mass is 9.47. The van der Waals surface area contributed by atoms with Crippen molar-refractivity contribution in [3.63, 3.8) is 0 Å². The molecular weight excluding hydrogens is 428 g/mol. The molecule has 4 nitrogen and oxygen atoms in total. The van der Waals surface area contributed by atoms with Gasteiger partial charge in [0, 0.05) is 12.8 Å². The van der Waals surface area contributed by atoms with Crippen LogP contribution in [0.15, 0.2) is 23.8 Å². The number of hydrogen-bond acceptors (Lipinski definition) is 4. The zero-order valence-electron chi connectivity index (χ0n) is 21.8. The van der Waals surface area contributed by atoms with Gasteiger partial charge in [0.15, 0.2) is 14.1 Å². The van der Waals surface area contributed by atoms with E-state index in [1.807, 2.05) is 6.08 Å². The molecule has 5 heteroatoms. The fourth-order valence-electron chi connectivity index (χ4n) is 8.15. The standard InChI is InChI=1S/C28H44O4Si/c1-18(8-13-26(30)31-4)22-11-12-23-21-10-9-19-16-20(29)14-15-27(19,2)24(21)17-25(28(22,23)3)32-33(5,6)7/h9-10,16,18,21-25H,8,11-15,17H2,1-7H3/t18-,21?,22-,23?,24?,25+,27+,28-/m1/s1. The van der Waals surface area contributed by atoms with Crippen molar-refractivity contribution in [2.75, 3.05) is 7.11 Å². The van der Waals surface area contributed by atoms with E-state index in [1.165, 1.54) is 25.5 Å². The molecule has 4 aliphatic carbocycles. The second-order valence-corrected chi connectivity index (χ2v) is 17.2. The molecule has 2 saturated carbocycles. The average Bonchev–Trinajstić information content (AvgIpc) is 3.10. The van der Waals surface area contributed by atoms with Crippen LogP contribution in [0, 0.1) is 40.4 Å². The lowest BCUT2D eigenvalue weighted by molar-refractivity contribution is -0.141. The molecule has 4 aliphatic rings. The first-order valence-corrected chi connectivity index (χ1v) is 16.5. The summed E-state index contributed by atoms with van der Waals surface area (Å²) >= 11 is 0. The Kier molecular flexibility index (Phi) is 6.63. The van der Waals surface area contributed by atoms with Gasteiger partial charge in [0.2, 0.25) is 0 Å². The fraction of sp³-hybridized carbons (Fsp3) is 0.786. The van der Waals surface area contributed by atoms with Crippen molar-refractivity contribution >= 4 is 20.1 Å². The molecule has 0 bridgehead atoms. The van der Waals surface area contributed by atoms with Crippen molar-refractivity contribution < 1.29 is 18.8 Å². The number of ketones is 1. The van der Waals surface area contributed by atoms with Gasteiger partial charge in [-0.1, -0.05) is 32.9 Å². The Morgan fingerprint density at radius 1 is 1.21 bits per heavy atom. The first-order chi connectivity index (χ1) is 15.4. The SMILES string of the molecule is COC(=O)CC[C@@H](C)[C@H]1CCC2C3C=CC4=CC(=O)CC[C@]4(C)C3C[C@H](O[Si](C)(C)C)[C@@]21C. The number of ether oxygens (including phenoxy) is 1. The van der Waals surface area contributed by atoms with Crippen molar-refractivity contribution in [3.8, 4) is 0 Å². The molecule has 0 saturated heterocycles. The van der Waals surface area contributed by atoms with E-state index in [0.29, 0.717) is 42.4 Å². The fourth-order valence-corrected chi connectivity index (χ4v) is 9.36. The predicted molar refractivity (Wildman–Crippen MR) is 134 cm³/mol. The normalized spacial score (nSPS) is 41.0. The van der Waals surface area contributed by atoms with Gasteiger partial charge in [0.05, 0.1) is 13.2 Å². The van der Waals surface area contributed by atoms with E-state index in [2.05, 4.69) is 52.6 Å². The van der Waals surface area contributed by atoms with Crippen LogP contribution >= 0.6 is 0 Å². The Labute approximate surface area is 201 Å². The van der Waals surface area contributed by atoms with E-state index < -0.39 is 8.32 Å². The summed E-state index contributed by atoms with van der Waals surface area (Å²) in [6.45, 7) is 14.2. The molecule has 4 rings (SSSR count). The maximum Gasteiger partial charge on any atom is 0.305 e. The predicted octanol–water partition coefficient (Wildman–Crippen LogP) is 6.33. The van der Waals surface area contributed by atoms with Crippen molar-refractivity contribution in [1.82, 2.24) is 0 Å². The first kappa shape index (κ1) is 24.9. The molecule has 184 valence electrons. The minimum absolute atomic E-state index is 0.0737. The summed E-state index contributed by atoms with van der Waals surface area (Å²) < 4.78 is 12.0. The molecule has 8 atom stereocenters. The van der Waals surface area contributed by atoms with E-state index in [9.17, 15) is 9.59 Å². The summed E-state index contributed by atoms with van der Waals surface area (Å²) in [5, 5.41) is 0. The summed E-state index contributed by atoms with van der Waals surface area (Å²) in [7, 11) is -0.272. The third kappa shape index (κ3) is 4.33. The van der Waals surface area contributed by atoms with Crippen LogP contribution < -0.4 is 0 Å². The van der Waals surface area contributed by atoms with Crippen LogP contribution in [-0.2, 0) is 18.8 Å². The average molecular weight is 473 g/mol. The van der Waals surface area contributed by atoms with Crippen LogP contribution in [0.4, 0.5) is 0 Å². The highest BCUT2D eigenvalue weighted by atomic mass is 28.4. The van der Waals surface area contributed by atoms with Crippen LogP contribution in [0.2, 0.25) is 19.6 Å². The van der Waals surface area contributed by atoms with Gasteiger partial charge in [0.25, 0.3) is 0 Å². The van der Waals surface area contributed by atoms with E-state index in [0.717, 1.165) is 19.3 Å². The topological polar surface area (TPSA) is 52.6 Å². The summed E-state index contributed by atoms with van der Waals surface area (Å²) in [5.74, 6) is 2.87.